The second-order valence-corrected chi connectivity index (χ2v) is 3.16. The van der Waals surface area contributed by atoms with E-state index in [1.54, 1.807) is 18.5 Å². The molecular formula is C12H9N3. The molecule has 3 heteroatoms. The normalized spacial score (nSPS) is 9.53. The number of hydrogen-bond donors (Lipinski definition) is 1. The van der Waals surface area contributed by atoms with Crippen molar-refractivity contribution in [1.29, 1.82) is 5.26 Å². The first-order valence-corrected chi connectivity index (χ1v) is 4.51. The van der Waals surface area contributed by atoms with Crippen LogP contribution in [0.4, 0.5) is 5.69 Å². The second-order valence-electron chi connectivity index (χ2n) is 3.16. The molecule has 0 amide bonds. The molecule has 1 heterocycles. The van der Waals surface area contributed by atoms with Gasteiger partial charge in [-0.3, -0.25) is 4.98 Å². The highest BCUT2D eigenvalue weighted by Crippen LogP contribution is 2.22. The van der Waals surface area contributed by atoms with Gasteiger partial charge in [0.15, 0.2) is 0 Å². The molecule has 0 spiro atoms. The third-order valence-electron chi connectivity index (χ3n) is 2.16. The average Bonchev–Trinajstić information content (AvgIpc) is 2.30. The lowest BCUT2D eigenvalue weighted by molar-refractivity contribution is 1.31. The predicted octanol–water partition coefficient (Wildman–Crippen LogP) is 2.20. The highest BCUT2D eigenvalue weighted by molar-refractivity contribution is 5.70. The summed E-state index contributed by atoms with van der Waals surface area (Å²) in [6.07, 6.45) is 3.30. The van der Waals surface area contributed by atoms with Gasteiger partial charge in [0.2, 0.25) is 0 Å². The number of rotatable bonds is 1. The van der Waals surface area contributed by atoms with Gasteiger partial charge >= 0.3 is 0 Å². The summed E-state index contributed by atoms with van der Waals surface area (Å²) >= 11 is 0. The molecule has 15 heavy (non-hydrogen) atoms. The highest BCUT2D eigenvalue weighted by Gasteiger charge is 2.03. The van der Waals surface area contributed by atoms with Crippen LogP contribution in [0.25, 0.3) is 11.1 Å². The summed E-state index contributed by atoms with van der Waals surface area (Å²) in [5, 5.41) is 8.93. The smallest absolute Gasteiger partial charge is 0.0999 e. The van der Waals surface area contributed by atoms with E-state index >= 15 is 0 Å². The van der Waals surface area contributed by atoms with E-state index in [1.165, 1.54) is 0 Å². The lowest BCUT2D eigenvalue weighted by atomic mass is 10.0. The topological polar surface area (TPSA) is 62.7 Å². The van der Waals surface area contributed by atoms with Crippen LogP contribution in [0.2, 0.25) is 0 Å². The molecule has 0 unspecified atom stereocenters. The number of hydrogen-bond acceptors (Lipinski definition) is 3. The van der Waals surface area contributed by atoms with Crippen molar-refractivity contribution in [2.75, 3.05) is 5.73 Å². The number of aromatic nitrogens is 1. The zero-order valence-corrected chi connectivity index (χ0v) is 8.01. The van der Waals surface area contributed by atoms with Crippen molar-refractivity contribution >= 4 is 5.69 Å². The number of nitriles is 1. The number of anilines is 1. The third kappa shape index (κ3) is 1.79. The van der Waals surface area contributed by atoms with Gasteiger partial charge in [0.05, 0.1) is 11.6 Å². The van der Waals surface area contributed by atoms with Crippen molar-refractivity contribution in [1.82, 2.24) is 4.98 Å². The van der Waals surface area contributed by atoms with E-state index in [0.717, 1.165) is 11.1 Å². The van der Waals surface area contributed by atoms with Gasteiger partial charge in [-0.1, -0.05) is 12.1 Å². The summed E-state index contributed by atoms with van der Waals surface area (Å²) in [6, 6.07) is 11.2. The Kier molecular flexibility index (Phi) is 2.34. The fraction of sp³-hybridized carbons (Fsp3) is 0. The van der Waals surface area contributed by atoms with Crippen molar-refractivity contribution in [3.05, 3.63) is 48.3 Å². The molecule has 1 aromatic heterocycles. The number of nitrogens with zero attached hydrogens (tertiary/aromatic N) is 2. The van der Waals surface area contributed by atoms with Gasteiger partial charge < -0.3 is 5.73 Å². The monoisotopic (exact) mass is 195 g/mol. The fourth-order valence-corrected chi connectivity index (χ4v) is 1.38. The third-order valence-corrected chi connectivity index (χ3v) is 2.16. The van der Waals surface area contributed by atoms with Crippen LogP contribution >= 0.6 is 0 Å². The van der Waals surface area contributed by atoms with Crippen LogP contribution in [0.15, 0.2) is 42.7 Å². The Morgan fingerprint density at radius 3 is 2.53 bits per heavy atom. The first-order chi connectivity index (χ1) is 7.31. The Bertz CT molecular complexity index is 509. The second kappa shape index (κ2) is 3.81. The summed E-state index contributed by atoms with van der Waals surface area (Å²) in [5.41, 5.74) is 8.71. The lowest BCUT2D eigenvalue weighted by Crippen LogP contribution is -1.87. The number of pyridine rings is 1. The minimum atomic E-state index is 0.620. The molecular weight excluding hydrogens is 186 g/mol. The van der Waals surface area contributed by atoms with Gasteiger partial charge in [0.25, 0.3) is 0 Å². The van der Waals surface area contributed by atoms with E-state index < -0.39 is 0 Å². The van der Waals surface area contributed by atoms with Crippen LogP contribution in [0, 0.1) is 11.3 Å². The maximum absolute atomic E-state index is 8.93. The van der Waals surface area contributed by atoms with E-state index in [-0.39, 0.29) is 0 Å². The minimum absolute atomic E-state index is 0.620. The molecule has 0 fully saturated rings. The quantitative estimate of drug-likeness (QED) is 0.709. The first kappa shape index (κ1) is 9.22. The molecule has 0 bridgehead atoms. The van der Waals surface area contributed by atoms with E-state index in [0.29, 0.717) is 11.3 Å². The molecule has 0 saturated heterocycles. The zero-order valence-electron chi connectivity index (χ0n) is 8.01. The molecule has 3 nitrogen and oxygen atoms in total. The number of benzene rings is 1. The molecule has 72 valence electrons. The molecule has 2 aromatic rings. The molecule has 0 saturated carbocycles. The van der Waals surface area contributed by atoms with Gasteiger partial charge in [-0.25, -0.2) is 0 Å². The Morgan fingerprint density at radius 1 is 1.13 bits per heavy atom. The van der Waals surface area contributed by atoms with Gasteiger partial charge in [0, 0.05) is 23.6 Å². The Balaban J connectivity index is 2.55. The molecule has 0 aliphatic rings. The fourth-order valence-electron chi connectivity index (χ4n) is 1.38. The Labute approximate surface area is 87.8 Å². The Hall–Kier alpha value is -2.34. The largest absolute Gasteiger partial charge is 0.399 e. The van der Waals surface area contributed by atoms with Gasteiger partial charge in [-0.15, -0.1) is 0 Å². The van der Waals surface area contributed by atoms with Gasteiger partial charge in [-0.05, 0) is 23.8 Å². The Morgan fingerprint density at radius 2 is 1.87 bits per heavy atom. The van der Waals surface area contributed by atoms with Crippen LogP contribution in [-0.2, 0) is 0 Å². The zero-order chi connectivity index (χ0) is 10.7. The average molecular weight is 195 g/mol. The standard InChI is InChI=1S/C12H9N3/c13-7-10-5-6-15-8-12(10)9-1-3-11(14)4-2-9/h1-6,8H,14H2. The molecule has 2 rings (SSSR count). The van der Waals surface area contributed by atoms with Crippen molar-refractivity contribution in [2.45, 2.75) is 0 Å². The summed E-state index contributed by atoms with van der Waals surface area (Å²) in [4.78, 5) is 4.01. The van der Waals surface area contributed by atoms with E-state index in [2.05, 4.69) is 11.1 Å². The predicted molar refractivity (Wildman–Crippen MR) is 58.8 cm³/mol. The molecule has 0 atom stereocenters. The van der Waals surface area contributed by atoms with Crippen molar-refractivity contribution in [2.24, 2.45) is 0 Å². The van der Waals surface area contributed by atoms with Crippen LogP contribution in [-0.4, -0.2) is 4.98 Å². The molecule has 2 N–H and O–H groups in total. The maximum Gasteiger partial charge on any atom is 0.0999 e. The van der Waals surface area contributed by atoms with Gasteiger partial charge in [-0.2, -0.15) is 5.26 Å². The lowest BCUT2D eigenvalue weighted by Gasteiger charge is -2.03. The van der Waals surface area contributed by atoms with Gasteiger partial charge in [0.1, 0.15) is 0 Å². The summed E-state index contributed by atoms with van der Waals surface area (Å²) < 4.78 is 0. The molecule has 0 aliphatic carbocycles. The minimum Gasteiger partial charge on any atom is -0.399 e. The highest BCUT2D eigenvalue weighted by atomic mass is 14.6. The first-order valence-electron chi connectivity index (χ1n) is 4.51. The molecule has 1 aromatic carbocycles. The SMILES string of the molecule is N#Cc1ccncc1-c1ccc(N)cc1. The van der Waals surface area contributed by atoms with Crippen LogP contribution < -0.4 is 5.73 Å². The van der Waals surface area contributed by atoms with E-state index in [9.17, 15) is 0 Å². The van der Waals surface area contributed by atoms with Crippen LogP contribution in [0.5, 0.6) is 0 Å². The van der Waals surface area contributed by atoms with E-state index in [4.69, 9.17) is 11.0 Å². The number of nitrogens with two attached hydrogens (primary N) is 1. The summed E-state index contributed by atoms with van der Waals surface area (Å²) in [6.45, 7) is 0. The van der Waals surface area contributed by atoms with Crippen LogP contribution in [0.1, 0.15) is 5.56 Å². The van der Waals surface area contributed by atoms with E-state index in [1.807, 2.05) is 24.3 Å². The van der Waals surface area contributed by atoms with Crippen molar-refractivity contribution < 1.29 is 0 Å². The van der Waals surface area contributed by atoms with Crippen LogP contribution in [0.3, 0.4) is 0 Å². The maximum atomic E-state index is 8.93. The summed E-state index contributed by atoms with van der Waals surface area (Å²) in [7, 11) is 0. The van der Waals surface area contributed by atoms with Crippen molar-refractivity contribution in [3.8, 4) is 17.2 Å². The molecule has 0 aliphatic heterocycles. The number of nitrogen functional groups attached to an aromatic ring is 1. The molecule has 0 radical (unpaired) electrons. The van der Waals surface area contributed by atoms with Crippen molar-refractivity contribution in [3.63, 3.8) is 0 Å². The summed E-state index contributed by atoms with van der Waals surface area (Å²) in [5.74, 6) is 0.